The van der Waals surface area contributed by atoms with Gasteiger partial charge in [-0.3, -0.25) is 4.55 Å². The molecule has 1 unspecified atom stereocenters. The normalized spacial score (nSPS) is 14.6. The van der Waals surface area contributed by atoms with Gasteiger partial charge in [-0.25, -0.2) is 0 Å². The maximum Gasteiger partial charge on any atom is 0.280 e. The van der Waals surface area contributed by atoms with Gasteiger partial charge in [-0.15, -0.1) is 0 Å². The van der Waals surface area contributed by atoms with Crippen LogP contribution in [0.4, 0.5) is 0 Å². The van der Waals surface area contributed by atoms with E-state index in [9.17, 15) is 8.42 Å². The van der Waals surface area contributed by atoms with Gasteiger partial charge in [-0.05, 0) is 23.8 Å². The Labute approximate surface area is 103 Å². The minimum absolute atomic E-state index is 0.163. The summed E-state index contributed by atoms with van der Waals surface area (Å²) in [5.41, 5.74) is 6.36. The highest BCUT2D eigenvalue weighted by molar-refractivity contribution is 7.86. The van der Waals surface area contributed by atoms with E-state index in [1.807, 2.05) is 44.2 Å². The molecule has 0 bridgehead atoms. The molecule has 0 aliphatic carbocycles. The van der Waals surface area contributed by atoms with E-state index in [0.29, 0.717) is 6.42 Å². The summed E-state index contributed by atoms with van der Waals surface area (Å²) < 4.78 is 30.4. The van der Waals surface area contributed by atoms with Crippen molar-refractivity contribution in [2.45, 2.75) is 37.5 Å². The summed E-state index contributed by atoms with van der Waals surface area (Å²) >= 11 is 0. The highest BCUT2D eigenvalue weighted by Crippen LogP contribution is 2.28. The van der Waals surface area contributed by atoms with Crippen LogP contribution in [-0.4, -0.2) is 18.3 Å². The second kappa shape index (κ2) is 5.16. The van der Waals surface area contributed by atoms with Crippen LogP contribution in [0.1, 0.15) is 32.3 Å². The van der Waals surface area contributed by atoms with Crippen LogP contribution in [-0.2, 0) is 15.5 Å². The number of rotatable bonds is 5. The van der Waals surface area contributed by atoms with Crippen molar-refractivity contribution in [3.05, 3.63) is 35.9 Å². The van der Waals surface area contributed by atoms with E-state index >= 15 is 0 Å². The Hall–Kier alpha value is -0.910. The third kappa shape index (κ3) is 4.11. The van der Waals surface area contributed by atoms with Crippen molar-refractivity contribution >= 4 is 10.1 Å². The summed E-state index contributed by atoms with van der Waals surface area (Å²) in [5, 5.41) is -1.20. The van der Waals surface area contributed by atoms with Crippen molar-refractivity contribution in [1.82, 2.24) is 0 Å². The molecule has 4 nitrogen and oxygen atoms in total. The molecule has 3 N–H and O–H groups in total. The molecular weight excluding hydrogens is 238 g/mol. The monoisotopic (exact) mass is 257 g/mol. The van der Waals surface area contributed by atoms with E-state index < -0.39 is 15.5 Å². The molecule has 0 heterocycles. The van der Waals surface area contributed by atoms with Gasteiger partial charge in [0.05, 0.1) is 0 Å². The Kier molecular flexibility index (Phi) is 4.30. The van der Waals surface area contributed by atoms with Gasteiger partial charge in [-0.2, -0.15) is 8.42 Å². The lowest BCUT2D eigenvalue weighted by atomic mass is 9.80. The number of hydrogen-bond donors (Lipinski definition) is 2. The molecule has 96 valence electrons. The Bertz CT molecular complexity index is 454. The highest BCUT2D eigenvalue weighted by atomic mass is 32.2. The van der Waals surface area contributed by atoms with Crippen LogP contribution in [0.25, 0.3) is 0 Å². The molecule has 17 heavy (non-hydrogen) atoms. The fraction of sp³-hybridized carbons (Fsp3) is 0.500. The van der Waals surface area contributed by atoms with Crippen molar-refractivity contribution in [2.24, 2.45) is 5.73 Å². The van der Waals surface area contributed by atoms with Gasteiger partial charge in [0.15, 0.2) is 0 Å². The molecule has 1 atom stereocenters. The second-order valence-electron chi connectivity index (χ2n) is 4.84. The average Bonchev–Trinajstić information content (AvgIpc) is 2.26. The minimum atomic E-state index is -4.13. The first-order chi connectivity index (χ1) is 7.73. The van der Waals surface area contributed by atoms with Crippen LogP contribution in [0.3, 0.4) is 0 Å². The fourth-order valence-electron chi connectivity index (χ4n) is 1.69. The van der Waals surface area contributed by atoms with Crippen molar-refractivity contribution in [3.63, 3.8) is 0 Å². The summed E-state index contributed by atoms with van der Waals surface area (Å²) in [4.78, 5) is 0. The quantitative estimate of drug-likeness (QED) is 0.790. The zero-order chi connectivity index (χ0) is 13.1. The number of nitrogens with two attached hydrogens (primary N) is 1. The van der Waals surface area contributed by atoms with E-state index in [4.69, 9.17) is 10.3 Å². The smallest absolute Gasteiger partial charge is 0.280 e. The maximum atomic E-state index is 10.8. The molecule has 0 spiro atoms. The van der Waals surface area contributed by atoms with Crippen molar-refractivity contribution in [2.75, 3.05) is 0 Å². The van der Waals surface area contributed by atoms with Crippen LogP contribution in [0.15, 0.2) is 30.3 Å². The average molecular weight is 257 g/mol. The minimum Gasteiger partial charge on any atom is -0.313 e. The number of hydrogen-bond acceptors (Lipinski definition) is 3. The molecule has 1 aromatic rings. The zero-order valence-electron chi connectivity index (χ0n) is 10.1. The molecular formula is C12H19NO3S. The largest absolute Gasteiger partial charge is 0.313 e. The molecule has 0 radical (unpaired) electrons. The van der Waals surface area contributed by atoms with Crippen LogP contribution in [0, 0.1) is 0 Å². The van der Waals surface area contributed by atoms with Gasteiger partial charge in [-0.1, -0.05) is 44.2 Å². The van der Waals surface area contributed by atoms with E-state index in [0.717, 1.165) is 5.56 Å². The Morgan fingerprint density at radius 3 is 2.29 bits per heavy atom. The van der Waals surface area contributed by atoms with Gasteiger partial charge >= 0.3 is 0 Å². The van der Waals surface area contributed by atoms with Gasteiger partial charge in [0.25, 0.3) is 10.1 Å². The van der Waals surface area contributed by atoms with Crippen LogP contribution in [0.5, 0.6) is 0 Å². The highest BCUT2D eigenvalue weighted by Gasteiger charge is 2.25. The first-order valence-electron chi connectivity index (χ1n) is 5.51. The van der Waals surface area contributed by atoms with E-state index in [-0.39, 0.29) is 11.8 Å². The van der Waals surface area contributed by atoms with Crippen molar-refractivity contribution in [1.29, 1.82) is 0 Å². The van der Waals surface area contributed by atoms with E-state index in [2.05, 4.69) is 0 Å². The molecule has 0 amide bonds. The summed E-state index contributed by atoms with van der Waals surface area (Å²) in [6.07, 6.45) is 0.832. The molecule has 0 fully saturated rings. The zero-order valence-corrected chi connectivity index (χ0v) is 10.9. The molecule has 0 saturated carbocycles. The van der Waals surface area contributed by atoms with E-state index in [1.54, 1.807) is 0 Å². The molecule has 0 aliphatic rings. The first-order valence-corrected chi connectivity index (χ1v) is 7.01. The van der Waals surface area contributed by atoms with Crippen molar-refractivity contribution < 1.29 is 13.0 Å². The van der Waals surface area contributed by atoms with Gasteiger partial charge < -0.3 is 5.73 Å². The Balaban J connectivity index is 2.69. The van der Waals surface area contributed by atoms with Crippen LogP contribution >= 0.6 is 0 Å². The third-order valence-electron chi connectivity index (χ3n) is 2.99. The molecule has 1 aromatic carbocycles. The van der Waals surface area contributed by atoms with Crippen LogP contribution < -0.4 is 5.73 Å². The standard InChI is InChI=1S/C12H19NO3S/c1-12(2,10-6-4-3-5-7-10)9-8-11(13)17(14,15)16/h3-7,11H,8-9,13H2,1-2H3,(H,14,15,16). The lowest BCUT2D eigenvalue weighted by Crippen LogP contribution is -2.32. The molecule has 0 aromatic heterocycles. The van der Waals surface area contributed by atoms with Crippen molar-refractivity contribution in [3.8, 4) is 0 Å². The van der Waals surface area contributed by atoms with Crippen LogP contribution in [0.2, 0.25) is 0 Å². The van der Waals surface area contributed by atoms with Gasteiger partial charge in [0.2, 0.25) is 0 Å². The fourth-order valence-corrected chi connectivity index (χ4v) is 2.10. The predicted molar refractivity (Wildman–Crippen MR) is 68.2 cm³/mol. The van der Waals surface area contributed by atoms with Gasteiger partial charge in [0.1, 0.15) is 5.37 Å². The predicted octanol–water partition coefficient (Wildman–Crippen LogP) is 1.92. The Morgan fingerprint density at radius 2 is 1.82 bits per heavy atom. The summed E-state index contributed by atoms with van der Waals surface area (Å²) in [7, 11) is -4.13. The maximum absolute atomic E-state index is 10.8. The summed E-state index contributed by atoms with van der Waals surface area (Å²) in [6.45, 7) is 4.05. The third-order valence-corrected chi connectivity index (χ3v) is 3.99. The molecule has 1 rings (SSSR count). The van der Waals surface area contributed by atoms with E-state index in [1.165, 1.54) is 0 Å². The summed E-state index contributed by atoms with van der Waals surface area (Å²) in [5.74, 6) is 0. The molecule has 5 heteroatoms. The topological polar surface area (TPSA) is 80.4 Å². The lowest BCUT2D eigenvalue weighted by molar-refractivity contribution is 0.426. The van der Waals surface area contributed by atoms with Gasteiger partial charge in [0, 0.05) is 0 Å². The first kappa shape index (κ1) is 14.2. The SMILES string of the molecule is CC(C)(CCC(N)S(=O)(=O)O)c1ccccc1. The summed E-state index contributed by atoms with van der Waals surface area (Å²) in [6, 6.07) is 9.82. The molecule has 0 aliphatic heterocycles. The Morgan fingerprint density at radius 1 is 1.29 bits per heavy atom. The lowest BCUT2D eigenvalue weighted by Gasteiger charge is -2.26. The molecule has 0 saturated heterocycles. The number of benzene rings is 1. The second-order valence-corrected chi connectivity index (χ2v) is 6.48.